The second-order valence-electron chi connectivity index (χ2n) is 5.30. The molecule has 0 aliphatic carbocycles. The Kier molecular flexibility index (Phi) is 2.79. The normalized spacial score (nSPS) is 18.8. The van der Waals surface area contributed by atoms with Crippen LogP contribution in [0.5, 0.6) is 0 Å². The van der Waals surface area contributed by atoms with Crippen LogP contribution in [0.15, 0.2) is 24.5 Å². The smallest absolute Gasteiger partial charge is 0.0955 e. The molecule has 1 aliphatic heterocycles. The first-order valence-corrected chi connectivity index (χ1v) is 6.60. The number of aryl methyl sites for hydroxylation is 1. The van der Waals surface area contributed by atoms with E-state index in [0.717, 1.165) is 17.5 Å². The highest BCUT2D eigenvalue weighted by atomic mass is 16.5. The molecule has 0 N–H and O–H groups in total. The van der Waals surface area contributed by atoms with Crippen LogP contribution in [0.1, 0.15) is 18.9 Å². The predicted octanol–water partition coefficient (Wildman–Crippen LogP) is 2.39. The van der Waals surface area contributed by atoms with E-state index >= 15 is 0 Å². The second kappa shape index (κ2) is 4.36. The first-order chi connectivity index (χ1) is 9.21. The quantitative estimate of drug-likeness (QED) is 0.846. The minimum absolute atomic E-state index is 0.00223. The largest absolute Gasteiger partial charge is 0.379 e. The van der Waals surface area contributed by atoms with Gasteiger partial charge in [-0.15, -0.1) is 0 Å². The van der Waals surface area contributed by atoms with Gasteiger partial charge in [-0.25, -0.2) is 4.98 Å². The monoisotopic (exact) mass is 255 g/mol. The third-order valence-electron chi connectivity index (χ3n) is 4.25. The van der Waals surface area contributed by atoms with Gasteiger partial charge < -0.3 is 9.30 Å². The van der Waals surface area contributed by atoms with Crippen molar-refractivity contribution >= 4 is 11.0 Å². The topological polar surface area (TPSA) is 50.8 Å². The van der Waals surface area contributed by atoms with E-state index in [1.807, 2.05) is 17.9 Å². The molecule has 1 aromatic heterocycles. The number of nitriles is 1. The summed E-state index contributed by atoms with van der Waals surface area (Å²) in [6.07, 6.45) is 2.67. The molecule has 19 heavy (non-hydrogen) atoms. The molecule has 0 spiro atoms. The summed E-state index contributed by atoms with van der Waals surface area (Å²) in [6.45, 7) is 3.34. The number of hydrogen-bond donors (Lipinski definition) is 0. The Morgan fingerprint density at radius 2 is 2.32 bits per heavy atom. The highest BCUT2D eigenvalue weighted by molar-refractivity contribution is 5.76. The molecule has 4 nitrogen and oxygen atoms in total. The molecule has 1 aliphatic rings. The van der Waals surface area contributed by atoms with Crippen molar-refractivity contribution in [1.29, 1.82) is 5.26 Å². The van der Waals surface area contributed by atoms with E-state index < -0.39 is 0 Å². The number of aromatic nitrogens is 2. The summed E-state index contributed by atoms with van der Waals surface area (Å²) in [6, 6.07) is 8.75. The number of nitrogens with zero attached hydrogens (tertiary/aromatic N) is 3. The summed E-state index contributed by atoms with van der Waals surface area (Å²) in [5.41, 5.74) is 3.14. The van der Waals surface area contributed by atoms with Crippen molar-refractivity contribution in [3.63, 3.8) is 0 Å². The standard InChI is InChI=1S/C15H17N3O/c1-3-11(7-16)15(8-19-9-15)12-4-5-14-13(6-12)17-10-18(14)2/h4-6,10-11H,3,8-9H2,1-2H3. The molecule has 1 saturated heterocycles. The molecule has 3 rings (SSSR count). The van der Waals surface area contributed by atoms with Gasteiger partial charge in [0.25, 0.3) is 0 Å². The molecule has 0 radical (unpaired) electrons. The average molecular weight is 255 g/mol. The van der Waals surface area contributed by atoms with Crippen LogP contribution in [0, 0.1) is 17.2 Å². The fourth-order valence-electron chi connectivity index (χ4n) is 2.94. The van der Waals surface area contributed by atoms with Gasteiger partial charge in [-0.3, -0.25) is 0 Å². The van der Waals surface area contributed by atoms with Crippen molar-refractivity contribution in [3.05, 3.63) is 30.1 Å². The lowest BCUT2D eigenvalue weighted by molar-refractivity contribution is -0.0804. The molecule has 2 heterocycles. The Morgan fingerprint density at radius 1 is 1.53 bits per heavy atom. The molecule has 98 valence electrons. The van der Waals surface area contributed by atoms with Gasteiger partial charge in [0.2, 0.25) is 0 Å². The SMILES string of the molecule is CCC(C#N)C1(c2ccc3c(c2)ncn3C)COC1. The maximum absolute atomic E-state index is 9.38. The van der Waals surface area contributed by atoms with Crippen LogP contribution in [-0.4, -0.2) is 22.8 Å². The highest BCUT2D eigenvalue weighted by Gasteiger charge is 2.46. The van der Waals surface area contributed by atoms with Gasteiger partial charge >= 0.3 is 0 Å². The van der Waals surface area contributed by atoms with Crippen molar-refractivity contribution < 1.29 is 4.74 Å². The Hall–Kier alpha value is -1.86. The van der Waals surface area contributed by atoms with E-state index in [4.69, 9.17) is 4.74 Å². The zero-order valence-corrected chi connectivity index (χ0v) is 11.3. The van der Waals surface area contributed by atoms with E-state index in [9.17, 15) is 5.26 Å². The van der Waals surface area contributed by atoms with Crippen LogP contribution < -0.4 is 0 Å². The van der Waals surface area contributed by atoms with E-state index in [1.54, 1.807) is 0 Å². The lowest BCUT2D eigenvalue weighted by Gasteiger charge is -2.44. The van der Waals surface area contributed by atoms with Gasteiger partial charge in [-0.1, -0.05) is 13.0 Å². The van der Waals surface area contributed by atoms with E-state index in [2.05, 4.69) is 36.2 Å². The molecule has 1 atom stereocenters. The van der Waals surface area contributed by atoms with E-state index in [0.29, 0.717) is 13.2 Å². The van der Waals surface area contributed by atoms with Gasteiger partial charge in [0.1, 0.15) is 0 Å². The van der Waals surface area contributed by atoms with Crippen molar-refractivity contribution in [2.45, 2.75) is 18.8 Å². The van der Waals surface area contributed by atoms with Crippen molar-refractivity contribution in [2.75, 3.05) is 13.2 Å². The summed E-state index contributed by atoms with van der Waals surface area (Å²) >= 11 is 0. The summed E-state index contributed by atoms with van der Waals surface area (Å²) in [4.78, 5) is 4.40. The molecular formula is C15H17N3O. The number of benzene rings is 1. The molecule has 1 fully saturated rings. The lowest BCUT2D eigenvalue weighted by atomic mass is 9.68. The molecular weight excluding hydrogens is 238 g/mol. The molecule has 4 heteroatoms. The van der Waals surface area contributed by atoms with Gasteiger partial charge in [0, 0.05) is 7.05 Å². The number of hydrogen-bond acceptors (Lipinski definition) is 3. The first-order valence-electron chi connectivity index (χ1n) is 6.60. The summed E-state index contributed by atoms with van der Waals surface area (Å²) in [5.74, 6) is 0.00223. The van der Waals surface area contributed by atoms with Gasteiger partial charge in [-0.2, -0.15) is 5.26 Å². The minimum atomic E-state index is -0.144. The van der Waals surface area contributed by atoms with Crippen molar-refractivity contribution in [1.82, 2.24) is 9.55 Å². The van der Waals surface area contributed by atoms with E-state index in [1.165, 1.54) is 5.56 Å². The highest BCUT2D eigenvalue weighted by Crippen LogP contribution is 2.41. The van der Waals surface area contributed by atoms with Gasteiger partial charge in [-0.05, 0) is 24.1 Å². The number of rotatable bonds is 3. The van der Waals surface area contributed by atoms with Crippen LogP contribution in [-0.2, 0) is 17.2 Å². The summed E-state index contributed by atoms with van der Waals surface area (Å²) in [5, 5.41) is 9.38. The van der Waals surface area contributed by atoms with E-state index in [-0.39, 0.29) is 11.3 Å². The van der Waals surface area contributed by atoms with Crippen LogP contribution >= 0.6 is 0 Å². The zero-order valence-electron chi connectivity index (χ0n) is 11.3. The molecule has 2 aromatic rings. The summed E-state index contributed by atoms with van der Waals surface area (Å²) in [7, 11) is 1.99. The fraction of sp³-hybridized carbons (Fsp3) is 0.467. The Balaban J connectivity index is 2.09. The Labute approximate surface area is 112 Å². The third kappa shape index (κ3) is 1.66. The van der Waals surface area contributed by atoms with Crippen LogP contribution in [0.4, 0.5) is 0 Å². The van der Waals surface area contributed by atoms with Gasteiger partial charge in [0.15, 0.2) is 0 Å². The van der Waals surface area contributed by atoms with Crippen LogP contribution in [0.3, 0.4) is 0 Å². The summed E-state index contributed by atoms with van der Waals surface area (Å²) < 4.78 is 7.42. The van der Waals surface area contributed by atoms with Crippen LogP contribution in [0.2, 0.25) is 0 Å². The Morgan fingerprint density at radius 3 is 2.89 bits per heavy atom. The third-order valence-corrected chi connectivity index (χ3v) is 4.25. The second-order valence-corrected chi connectivity index (χ2v) is 5.30. The molecule has 0 amide bonds. The lowest BCUT2D eigenvalue weighted by Crippen LogP contribution is -2.51. The maximum Gasteiger partial charge on any atom is 0.0955 e. The molecule has 0 bridgehead atoms. The van der Waals surface area contributed by atoms with Crippen LogP contribution in [0.25, 0.3) is 11.0 Å². The first kappa shape index (κ1) is 12.2. The number of imidazole rings is 1. The molecule has 1 unspecified atom stereocenters. The number of fused-ring (bicyclic) bond motifs is 1. The van der Waals surface area contributed by atoms with Crippen molar-refractivity contribution in [3.8, 4) is 6.07 Å². The van der Waals surface area contributed by atoms with Crippen molar-refractivity contribution in [2.24, 2.45) is 13.0 Å². The Bertz CT molecular complexity index is 649. The molecule has 1 aromatic carbocycles. The van der Waals surface area contributed by atoms with Gasteiger partial charge in [0.05, 0.1) is 48.0 Å². The average Bonchev–Trinajstić information content (AvgIpc) is 2.75. The number of ether oxygens (including phenoxy) is 1. The zero-order chi connectivity index (χ0) is 13.5. The fourth-order valence-corrected chi connectivity index (χ4v) is 2.94. The molecule has 0 saturated carbocycles. The predicted molar refractivity (Wildman–Crippen MR) is 72.6 cm³/mol. The minimum Gasteiger partial charge on any atom is -0.379 e. The maximum atomic E-state index is 9.38.